The summed E-state index contributed by atoms with van der Waals surface area (Å²) >= 11 is 0. The summed E-state index contributed by atoms with van der Waals surface area (Å²) in [6.45, 7) is 8.76. The first-order valence-corrected chi connectivity index (χ1v) is 6.43. The molecule has 1 nitrogen and oxygen atoms in total. The Morgan fingerprint density at radius 1 is 0.944 bits per heavy atom. The maximum Gasteiger partial charge on any atom is 0.180 e. The van der Waals surface area contributed by atoms with Crippen LogP contribution in [0, 0.1) is 20.8 Å². The molecule has 18 heavy (non-hydrogen) atoms. The van der Waals surface area contributed by atoms with E-state index in [-0.39, 0.29) is 0 Å². The Balaban J connectivity index is 2.83. The van der Waals surface area contributed by atoms with Gasteiger partial charge >= 0.3 is 0 Å². The highest BCUT2D eigenvalue weighted by molar-refractivity contribution is 6.03. The lowest BCUT2D eigenvalue weighted by Crippen LogP contribution is -2.10. The molecule has 0 heterocycles. The Morgan fingerprint density at radius 2 is 1.56 bits per heavy atom. The maximum atomic E-state index is 2.28. The van der Waals surface area contributed by atoms with Crippen molar-refractivity contribution in [3.8, 4) is 11.1 Å². The Hall–Kier alpha value is -1.63. The third kappa shape index (κ3) is 2.05. The highest BCUT2D eigenvalue weighted by Gasteiger charge is 2.18. The van der Waals surface area contributed by atoms with Crippen molar-refractivity contribution in [1.82, 2.24) is 0 Å². The Bertz CT molecular complexity index is 602. The predicted octanol–water partition coefficient (Wildman–Crippen LogP) is 3.80. The van der Waals surface area contributed by atoms with E-state index in [1.807, 2.05) is 0 Å². The summed E-state index contributed by atoms with van der Waals surface area (Å²) in [5.74, 6) is 0. The molecule has 94 valence electrons. The second kappa shape index (κ2) is 4.56. The summed E-state index contributed by atoms with van der Waals surface area (Å²) < 4.78 is 2.18. The third-order valence-corrected chi connectivity index (χ3v) is 3.72. The molecule has 0 unspecified atom stereocenters. The molecular formula is C17H22N+. The van der Waals surface area contributed by atoms with Crippen LogP contribution in [0.1, 0.15) is 29.2 Å². The van der Waals surface area contributed by atoms with Gasteiger partial charge in [-0.1, -0.05) is 23.8 Å². The molecule has 0 N–H and O–H groups in total. The zero-order valence-corrected chi connectivity index (χ0v) is 12.3. The van der Waals surface area contributed by atoms with Crippen LogP contribution in [-0.2, 0) is 0 Å². The topological polar surface area (TPSA) is 3.01 Å². The zero-order chi connectivity index (χ0) is 13.4. The average Bonchev–Trinajstić information content (AvgIpc) is 2.67. The second-order valence-corrected chi connectivity index (χ2v) is 5.41. The van der Waals surface area contributed by atoms with Gasteiger partial charge < -0.3 is 0 Å². The van der Waals surface area contributed by atoms with E-state index in [0.717, 1.165) is 0 Å². The van der Waals surface area contributed by atoms with E-state index in [1.165, 1.54) is 39.1 Å². The van der Waals surface area contributed by atoms with Gasteiger partial charge in [0.1, 0.15) is 14.1 Å². The van der Waals surface area contributed by atoms with E-state index >= 15 is 0 Å². The van der Waals surface area contributed by atoms with Gasteiger partial charge in [-0.15, -0.1) is 0 Å². The van der Waals surface area contributed by atoms with Gasteiger partial charge in [-0.3, -0.25) is 0 Å². The SMILES string of the molecule is CC(c1ccc2c(C)cc(C)cc(C)c1-2)=[N+](C)C. The quantitative estimate of drug-likeness (QED) is 0.527. The smallest absolute Gasteiger partial charge is 0.180 e. The fraction of sp³-hybridized carbons (Fsp3) is 0.353. The van der Waals surface area contributed by atoms with Crippen LogP contribution < -0.4 is 0 Å². The summed E-state index contributed by atoms with van der Waals surface area (Å²) in [7, 11) is 4.20. The number of rotatable bonds is 1. The number of aryl methyl sites for hydroxylation is 3. The molecule has 2 aliphatic carbocycles. The van der Waals surface area contributed by atoms with E-state index in [9.17, 15) is 0 Å². The van der Waals surface area contributed by atoms with Crippen LogP contribution in [0.5, 0.6) is 0 Å². The molecule has 0 atom stereocenters. The lowest BCUT2D eigenvalue weighted by molar-refractivity contribution is -0.464. The standard InChI is InChI=1S/C17H22N/c1-11-9-12(2)15-7-8-16(14(4)18(5)6)17(15)13(3)10-11/h7-10H,1-6H3/q+1. The summed E-state index contributed by atoms with van der Waals surface area (Å²) in [5.41, 5.74) is 9.48. The van der Waals surface area contributed by atoms with E-state index in [0.29, 0.717) is 0 Å². The fourth-order valence-electron chi connectivity index (χ4n) is 2.65. The molecule has 0 aromatic heterocycles. The molecule has 0 aromatic rings. The number of hydrogen-bond acceptors (Lipinski definition) is 0. The minimum absolute atomic E-state index is 1.32. The summed E-state index contributed by atoms with van der Waals surface area (Å²) in [6, 6.07) is 9.04. The van der Waals surface area contributed by atoms with Crippen LogP contribution in [0.25, 0.3) is 11.1 Å². The summed E-state index contributed by atoms with van der Waals surface area (Å²) in [5, 5.41) is 0. The number of fused-ring (bicyclic) bond motifs is 1. The molecule has 2 aliphatic rings. The van der Waals surface area contributed by atoms with Crippen LogP contribution >= 0.6 is 0 Å². The molecule has 0 aliphatic heterocycles. The van der Waals surface area contributed by atoms with Gasteiger partial charge in [0.15, 0.2) is 5.71 Å². The van der Waals surface area contributed by atoms with Crippen molar-refractivity contribution in [1.29, 1.82) is 0 Å². The molecule has 0 bridgehead atoms. The van der Waals surface area contributed by atoms with Gasteiger partial charge in [-0.05, 0) is 49.1 Å². The Kier molecular flexibility index (Phi) is 3.25. The molecule has 0 saturated carbocycles. The number of hydrogen-bond donors (Lipinski definition) is 0. The molecule has 0 saturated heterocycles. The van der Waals surface area contributed by atoms with Gasteiger partial charge in [0.25, 0.3) is 0 Å². The van der Waals surface area contributed by atoms with Crippen molar-refractivity contribution in [2.75, 3.05) is 14.1 Å². The van der Waals surface area contributed by atoms with Crippen molar-refractivity contribution in [2.24, 2.45) is 0 Å². The van der Waals surface area contributed by atoms with Crippen molar-refractivity contribution >= 4 is 5.71 Å². The average molecular weight is 240 g/mol. The van der Waals surface area contributed by atoms with Crippen LogP contribution in [0.2, 0.25) is 0 Å². The molecule has 0 fully saturated rings. The largest absolute Gasteiger partial charge is 0.239 e. The highest BCUT2D eigenvalue weighted by Crippen LogP contribution is 2.34. The lowest BCUT2D eigenvalue weighted by Gasteiger charge is -2.05. The van der Waals surface area contributed by atoms with Gasteiger partial charge in [0.05, 0.1) is 0 Å². The summed E-state index contributed by atoms with van der Waals surface area (Å²) in [4.78, 5) is 0. The van der Waals surface area contributed by atoms with E-state index in [2.05, 4.69) is 70.6 Å². The van der Waals surface area contributed by atoms with Crippen molar-refractivity contribution < 1.29 is 4.58 Å². The zero-order valence-electron chi connectivity index (χ0n) is 12.3. The molecule has 0 spiro atoms. The summed E-state index contributed by atoms with van der Waals surface area (Å²) in [6.07, 6.45) is 0. The van der Waals surface area contributed by atoms with Gasteiger partial charge in [-0.25, -0.2) is 4.58 Å². The fourth-order valence-corrected chi connectivity index (χ4v) is 2.65. The molecular weight excluding hydrogens is 218 g/mol. The monoisotopic (exact) mass is 240 g/mol. The normalized spacial score (nSPS) is 10.8. The Morgan fingerprint density at radius 3 is 2.17 bits per heavy atom. The van der Waals surface area contributed by atoms with Gasteiger partial charge in [0, 0.05) is 12.5 Å². The Labute approximate surface area is 110 Å². The maximum absolute atomic E-state index is 2.28. The van der Waals surface area contributed by atoms with E-state index in [4.69, 9.17) is 0 Å². The minimum atomic E-state index is 1.32. The lowest BCUT2D eigenvalue weighted by atomic mass is 9.99. The highest BCUT2D eigenvalue weighted by atomic mass is 14.9. The first-order chi connectivity index (χ1) is 8.41. The van der Waals surface area contributed by atoms with Gasteiger partial charge in [0.2, 0.25) is 0 Å². The first-order valence-electron chi connectivity index (χ1n) is 6.43. The molecule has 0 radical (unpaired) electrons. The third-order valence-electron chi connectivity index (χ3n) is 3.72. The van der Waals surface area contributed by atoms with Gasteiger partial charge in [-0.2, -0.15) is 0 Å². The van der Waals surface area contributed by atoms with E-state index in [1.54, 1.807) is 0 Å². The minimum Gasteiger partial charge on any atom is -0.239 e. The molecule has 0 amide bonds. The second-order valence-electron chi connectivity index (χ2n) is 5.41. The molecule has 0 aromatic carbocycles. The first kappa shape index (κ1) is 12.8. The van der Waals surface area contributed by atoms with Crippen LogP contribution in [-0.4, -0.2) is 24.4 Å². The van der Waals surface area contributed by atoms with Crippen molar-refractivity contribution in [3.63, 3.8) is 0 Å². The van der Waals surface area contributed by atoms with Crippen LogP contribution in [0.3, 0.4) is 0 Å². The van der Waals surface area contributed by atoms with Crippen LogP contribution in [0.4, 0.5) is 0 Å². The van der Waals surface area contributed by atoms with Crippen molar-refractivity contribution in [2.45, 2.75) is 27.7 Å². The van der Waals surface area contributed by atoms with Crippen molar-refractivity contribution in [3.05, 3.63) is 46.5 Å². The molecule has 2 rings (SSSR count). The number of nitrogens with zero attached hydrogens (tertiary/aromatic N) is 1. The predicted molar refractivity (Wildman–Crippen MR) is 79.2 cm³/mol. The van der Waals surface area contributed by atoms with Crippen LogP contribution in [0.15, 0.2) is 24.3 Å². The molecule has 1 heteroatoms. The van der Waals surface area contributed by atoms with E-state index < -0.39 is 0 Å².